The zero-order valence-corrected chi connectivity index (χ0v) is 16.9. The minimum absolute atomic E-state index is 0.173. The highest BCUT2D eigenvalue weighted by Gasteiger charge is 2.44. The molecule has 4 heterocycles. The fraction of sp³-hybridized carbons (Fsp3) is 0.154. The van der Waals surface area contributed by atoms with E-state index in [0.717, 1.165) is 43.8 Å². The number of benzene rings is 4. The van der Waals surface area contributed by atoms with Crippen molar-refractivity contribution < 1.29 is 18.4 Å². The third-order valence-electron chi connectivity index (χ3n) is 6.88. The van der Waals surface area contributed by atoms with Crippen molar-refractivity contribution in [3.8, 4) is 0 Å². The standard InChI is InChI=1S/C26H16O4/c1-9-5-6-10(2)14-13(9)23-17-18(24(14)29-23)22(28)20-19(21(17)27)25-15-11(3)7-8-12(4)16(15)26(20)30-25/h5-8H,1-4H3. The number of hydrogen-bond acceptors (Lipinski definition) is 4. The Morgan fingerprint density at radius 1 is 0.467 bits per heavy atom. The van der Waals surface area contributed by atoms with Crippen molar-refractivity contribution in [1.29, 1.82) is 0 Å². The Bertz CT molecular complexity index is 1500. The predicted octanol–water partition coefficient (Wildman–Crippen LogP) is 6.37. The lowest BCUT2D eigenvalue weighted by Crippen LogP contribution is -2.20. The van der Waals surface area contributed by atoms with Gasteiger partial charge in [-0.15, -0.1) is 0 Å². The smallest absolute Gasteiger partial charge is 0.202 e. The monoisotopic (exact) mass is 392 g/mol. The highest BCUT2D eigenvalue weighted by molar-refractivity contribution is 6.43. The van der Waals surface area contributed by atoms with Gasteiger partial charge in [0, 0.05) is 21.5 Å². The van der Waals surface area contributed by atoms with Crippen molar-refractivity contribution in [3.63, 3.8) is 0 Å². The van der Waals surface area contributed by atoms with E-state index < -0.39 is 0 Å². The molecule has 0 fully saturated rings. The van der Waals surface area contributed by atoms with E-state index in [-0.39, 0.29) is 11.6 Å². The number of rotatable bonds is 0. The highest BCUT2D eigenvalue weighted by atomic mass is 16.3. The molecule has 0 atom stereocenters. The van der Waals surface area contributed by atoms with Gasteiger partial charge in [-0.1, -0.05) is 24.3 Å². The fourth-order valence-corrected chi connectivity index (χ4v) is 5.48. The maximum absolute atomic E-state index is 13.7. The quantitative estimate of drug-likeness (QED) is 0.301. The van der Waals surface area contributed by atoms with Crippen molar-refractivity contribution in [1.82, 2.24) is 0 Å². The Morgan fingerprint density at radius 2 is 0.700 bits per heavy atom. The van der Waals surface area contributed by atoms with Crippen LogP contribution in [-0.4, -0.2) is 11.6 Å². The summed E-state index contributed by atoms with van der Waals surface area (Å²) in [4.78, 5) is 27.5. The Kier molecular flexibility index (Phi) is 2.55. The molecule has 6 aromatic rings. The van der Waals surface area contributed by atoms with Crippen molar-refractivity contribution in [2.75, 3.05) is 0 Å². The largest absolute Gasteiger partial charge is 0.454 e. The van der Waals surface area contributed by atoms with Crippen LogP contribution >= 0.6 is 0 Å². The van der Waals surface area contributed by atoms with Crippen LogP contribution in [-0.2, 0) is 0 Å². The van der Waals surface area contributed by atoms with E-state index in [1.54, 1.807) is 0 Å². The Hall–Kier alpha value is -3.66. The first kappa shape index (κ1) is 16.2. The summed E-state index contributed by atoms with van der Waals surface area (Å²) in [5.41, 5.74) is 7.82. The molecule has 0 saturated carbocycles. The topological polar surface area (TPSA) is 60.4 Å². The summed E-state index contributed by atoms with van der Waals surface area (Å²) in [7, 11) is 0. The van der Waals surface area contributed by atoms with Gasteiger partial charge in [-0.3, -0.25) is 9.59 Å². The third kappa shape index (κ3) is 1.49. The van der Waals surface area contributed by atoms with Gasteiger partial charge in [0.15, 0.2) is 0 Å². The summed E-state index contributed by atoms with van der Waals surface area (Å²) in [5, 5.41) is 3.73. The molecular weight excluding hydrogens is 376 g/mol. The Labute approximate surface area is 170 Å². The van der Waals surface area contributed by atoms with Gasteiger partial charge in [0.05, 0.1) is 22.3 Å². The molecular formula is C26H16O4. The van der Waals surface area contributed by atoms with Gasteiger partial charge in [0.1, 0.15) is 22.3 Å². The van der Waals surface area contributed by atoms with Gasteiger partial charge in [0.2, 0.25) is 11.6 Å². The molecule has 0 spiro atoms. The van der Waals surface area contributed by atoms with Gasteiger partial charge in [-0.25, -0.2) is 0 Å². The Morgan fingerprint density at radius 3 is 0.933 bits per heavy atom. The normalized spacial score (nSPS) is 14.1. The van der Waals surface area contributed by atoms with Crippen LogP contribution in [0.1, 0.15) is 54.1 Å². The van der Waals surface area contributed by atoms with E-state index in [0.29, 0.717) is 44.6 Å². The van der Waals surface area contributed by atoms with Crippen molar-refractivity contribution in [2.24, 2.45) is 0 Å². The van der Waals surface area contributed by atoms with E-state index in [1.165, 1.54) is 0 Å². The number of ketones is 2. The molecule has 2 aromatic carbocycles. The molecule has 0 unspecified atom stereocenters. The summed E-state index contributed by atoms with van der Waals surface area (Å²) in [5.74, 6) is -0.347. The summed E-state index contributed by atoms with van der Waals surface area (Å²) < 4.78 is 12.2. The molecule has 7 rings (SSSR count). The van der Waals surface area contributed by atoms with Crippen molar-refractivity contribution in [3.05, 3.63) is 68.8 Å². The highest BCUT2D eigenvalue weighted by Crippen LogP contribution is 2.50. The van der Waals surface area contributed by atoms with Crippen LogP contribution in [0.15, 0.2) is 33.1 Å². The number of carbonyl (C=O) groups excluding carboxylic acids is 2. The summed E-state index contributed by atoms with van der Waals surface area (Å²) in [6.07, 6.45) is 0. The van der Waals surface area contributed by atoms with E-state index >= 15 is 0 Å². The third-order valence-corrected chi connectivity index (χ3v) is 6.88. The zero-order valence-electron chi connectivity index (χ0n) is 16.9. The average Bonchev–Trinajstić information content (AvgIpc) is 3.47. The average molecular weight is 392 g/mol. The van der Waals surface area contributed by atoms with Gasteiger partial charge in [0.25, 0.3) is 0 Å². The minimum atomic E-state index is -0.173. The molecule has 0 radical (unpaired) electrons. The second-order valence-corrected chi connectivity index (χ2v) is 8.58. The lowest BCUT2D eigenvalue weighted by atomic mass is 9.80. The van der Waals surface area contributed by atoms with E-state index in [2.05, 4.69) is 0 Å². The number of aryl methyl sites for hydroxylation is 4. The maximum atomic E-state index is 13.7. The number of hydrogen-bond donors (Lipinski definition) is 0. The molecule has 0 N–H and O–H groups in total. The van der Waals surface area contributed by atoms with Crippen LogP contribution in [0, 0.1) is 27.7 Å². The van der Waals surface area contributed by atoms with Gasteiger partial charge >= 0.3 is 0 Å². The van der Waals surface area contributed by atoms with Crippen LogP contribution in [0.3, 0.4) is 0 Å². The first-order chi connectivity index (χ1) is 14.4. The molecule has 4 bridgehead atoms. The minimum Gasteiger partial charge on any atom is -0.454 e. The molecule has 0 aliphatic heterocycles. The van der Waals surface area contributed by atoms with Crippen LogP contribution in [0.4, 0.5) is 0 Å². The zero-order chi connectivity index (χ0) is 20.6. The summed E-state index contributed by atoms with van der Waals surface area (Å²) in [6, 6.07) is 8.11. The number of fused-ring (bicyclic) bond motifs is 16. The van der Waals surface area contributed by atoms with Crippen LogP contribution in [0.2, 0.25) is 0 Å². The van der Waals surface area contributed by atoms with Gasteiger partial charge in [-0.05, 0) is 49.9 Å². The fourth-order valence-electron chi connectivity index (χ4n) is 5.48. The van der Waals surface area contributed by atoms with E-state index in [9.17, 15) is 9.59 Å². The predicted molar refractivity (Wildman–Crippen MR) is 116 cm³/mol. The molecule has 30 heavy (non-hydrogen) atoms. The molecule has 0 amide bonds. The van der Waals surface area contributed by atoms with Crippen LogP contribution in [0.5, 0.6) is 0 Å². The number of carbonyl (C=O) groups is 2. The maximum Gasteiger partial charge on any atom is 0.202 e. The van der Waals surface area contributed by atoms with Crippen LogP contribution < -0.4 is 0 Å². The van der Waals surface area contributed by atoms with Crippen molar-refractivity contribution in [2.45, 2.75) is 27.7 Å². The lowest BCUT2D eigenvalue weighted by Gasteiger charge is -2.15. The molecule has 4 nitrogen and oxygen atoms in total. The SMILES string of the molecule is Cc1ccc(C)c2c3oc(c4c3C(=O)c3c(c5oc3c3c(C)ccc(C)c53)C4=O)c12. The van der Waals surface area contributed by atoms with E-state index in [1.807, 2.05) is 52.0 Å². The molecule has 4 heteroatoms. The lowest BCUT2D eigenvalue weighted by molar-refractivity contribution is 0.0985. The first-order valence-electron chi connectivity index (χ1n) is 10.0. The summed E-state index contributed by atoms with van der Waals surface area (Å²) in [6.45, 7) is 8.01. The molecule has 1 aliphatic carbocycles. The van der Waals surface area contributed by atoms with Gasteiger partial charge < -0.3 is 8.83 Å². The summed E-state index contributed by atoms with van der Waals surface area (Å²) >= 11 is 0. The van der Waals surface area contributed by atoms with Crippen molar-refractivity contribution >= 4 is 55.4 Å². The van der Waals surface area contributed by atoms with Crippen LogP contribution in [0.25, 0.3) is 43.9 Å². The molecule has 0 saturated heterocycles. The number of furan rings is 4. The van der Waals surface area contributed by atoms with E-state index in [4.69, 9.17) is 8.83 Å². The molecule has 1 aliphatic rings. The second-order valence-electron chi connectivity index (χ2n) is 8.58. The second kappa shape index (κ2) is 4.73. The molecule has 144 valence electrons. The Balaban J connectivity index is 1.67. The van der Waals surface area contributed by atoms with Gasteiger partial charge in [-0.2, -0.15) is 0 Å². The first-order valence-corrected chi connectivity index (χ1v) is 10.0. The molecule has 4 aromatic heterocycles.